The van der Waals surface area contributed by atoms with Gasteiger partial charge in [-0.15, -0.1) is 0 Å². The van der Waals surface area contributed by atoms with Gasteiger partial charge in [0.2, 0.25) is 0 Å². The van der Waals surface area contributed by atoms with Crippen LogP contribution in [0, 0.1) is 11.7 Å². The Kier molecular flexibility index (Phi) is 4.37. The SMILES string of the molecule is CCC1CN(C(=O)c2ccc(F)c(OC)c2)CCC1=O. The maximum Gasteiger partial charge on any atom is 0.254 e. The fourth-order valence-corrected chi connectivity index (χ4v) is 2.43. The quantitative estimate of drug-likeness (QED) is 0.852. The molecule has 1 aromatic carbocycles. The minimum atomic E-state index is -0.496. The largest absolute Gasteiger partial charge is 0.494 e. The summed E-state index contributed by atoms with van der Waals surface area (Å²) in [7, 11) is 1.36. The van der Waals surface area contributed by atoms with Gasteiger partial charge in [0.05, 0.1) is 7.11 Å². The molecule has 1 aromatic rings. The number of benzene rings is 1. The van der Waals surface area contributed by atoms with Crippen LogP contribution in [-0.2, 0) is 4.79 Å². The van der Waals surface area contributed by atoms with E-state index in [-0.39, 0.29) is 23.4 Å². The van der Waals surface area contributed by atoms with E-state index < -0.39 is 5.82 Å². The lowest BCUT2D eigenvalue weighted by atomic mass is 9.93. The summed E-state index contributed by atoms with van der Waals surface area (Å²) in [5, 5.41) is 0. The first-order valence-electron chi connectivity index (χ1n) is 6.72. The van der Waals surface area contributed by atoms with Crippen molar-refractivity contribution >= 4 is 11.7 Å². The van der Waals surface area contributed by atoms with Gasteiger partial charge >= 0.3 is 0 Å². The van der Waals surface area contributed by atoms with Crippen molar-refractivity contribution in [3.8, 4) is 5.75 Å². The zero-order valence-corrected chi connectivity index (χ0v) is 11.7. The fraction of sp³-hybridized carbons (Fsp3) is 0.467. The molecule has 1 amide bonds. The molecule has 0 spiro atoms. The normalized spacial score (nSPS) is 19.1. The van der Waals surface area contributed by atoms with Gasteiger partial charge < -0.3 is 9.64 Å². The van der Waals surface area contributed by atoms with Gasteiger partial charge in [0, 0.05) is 31.0 Å². The molecule has 1 atom stereocenters. The van der Waals surface area contributed by atoms with E-state index in [1.807, 2.05) is 6.92 Å². The third-order valence-electron chi connectivity index (χ3n) is 3.70. The van der Waals surface area contributed by atoms with Crippen LogP contribution in [-0.4, -0.2) is 36.8 Å². The Morgan fingerprint density at radius 2 is 2.25 bits per heavy atom. The van der Waals surface area contributed by atoms with Crippen LogP contribution in [0.1, 0.15) is 30.1 Å². The highest BCUT2D eigenvalue weighted by Crippen LogP contribution is 2.22. The summed E-state index contributed by atoms with van der Waals surface area (Å²) < 4.78 is 18.2. The first-order chi connectivity index (χ1) is 9.56. The first kappa shape index (κ1) is 14.5. The molecule has 1 fully saturated rings. The predicted molar refractivity (Wildman–Crippen MR) is 72.3 cm³/mol. The van der Waals surface area contributed by atoms with Crippen molar-refractivity contribution in [2.45, 2.75) is 19.8 Å². The van der Waals surface area contributed by atoms with Crippen molar-refractivity contribution in [2.24, 2.45) is 5.92 Å². The van der Waals surface area contributed by atoms with Gasteiger partial charge in [-0.05, 0) is 24.6 Å². The lowest BCUT2D eigenvalue weighted by molar-refractivity contribution is -0.125. The van der Waals surface area contributed by atoms with Crippen molar-refractivity contribution < 1.29 is 18.7 Å². The van der Waals surface area contributed by atoms with Crippen molar-refractivity contribution in [3.05, 3.63) is 29.6 Å². The van der Waals surface area contributed by atoms with Gasteiger partial charge in [-0.3, -0.25) is 9.59 Å². The molecule has 20 heavy (non-hydrogen) atoms. The molecule has 0 bridgehead atoms. The van der Waals surface area contributed by atoms with E-state index in [9.17, 15) is 14.0 Å². The Hall–Kier alpha value is -1.91. The van der Waals surface area contributed by atoms with Crippen LogP contribution in [0.3, 0.4) is 0 Å². The van der Waals surface area contributed by atoms with Crippen LogP contribution in [0.25, 0.3) is 0 Å². The van der Waals surface area contributed by atoms with E-state index in [0.29, 0.717) is 25.1 Å². The second-order valence-electron chi connectivity index (χ2n) is 4.92. The molecule has 1 heterocycles. The third-order valence-corrected chi connectivity index (χ3v) is 3.70. The number of amides is 1. The molecule has 1 aliphatic rings. The Labute approximate surface area is 117 Å². The molecule has 0 radical (unpaired) electrons. The summed E-state index contributed by atoms with van der Waals surface area (Å²) >= 11 is 0. The molecule has 5 heteroatoms. The van der Waals surface area contributed by atoms with Crippen LogP contribution in [0.15, 0.2) is 18.2 Å². The molecule has 2 rings (SSSR count). The number of piperidine rings is 1. The molecule has 0 aromatic heterocycles. The van der Waals surface area contributed by atoms with E-state index in [1.165, 1.54) is 25.3 Å². The number of nitrogens with zero attached hydrogens (tertiary/aromatic N) is 1. The zero-order valence-electron chi connectivity index (χ0n) is 11.7. The van der Waals surface area contributed by atoms with Crippen LogP contribution < -0.4 is 4.74 Å². The number of rotatable bonds is 3. The second-order valence-corrected chi connectivity index (χ2v) is 4.92. The smallest absolute Gasteiger partial charge is 0.254 e. The van der Waals surface area contributed by atoms with Gasteiger partial charge in [0.25, 0.3) is 5.91 Å². The highest BCUT2D eigenvalue weighted by molar-refractivity contribution is 5.96. The van der Waals surface area contributed by atoms with Gasteiger partial charge in [-0.1, -0.05) is 6.92 Å². The molecular weight excluding hydrogens is 261 g/mol. The topological polar surface area (TPSA) is 46.6 Å². The number of ketones is 1. The Balaban J connectivity index is 2.17. The molecule has 1 saturated heterocycles. The number of carbonyl (C=O) groups is 2. The molecule has 0 N–H and O–H groups in total. The lowest BCUT2D eigenvalue weighted by Gasteiger charge is -2.31. The van der Waals surface area contributed by atoms with Crippen LogP contribution in [0.2, 0.25) is 0 Å². The number of ether oxygens (including phenoxy) is 1. The van der Waals surface area contributed by atoms with E-state index in [0.717, 1.165) is 6.42 Å². The molecular formula is C15H18FNO3. The second kappa shape index (κ2) is 6.03. The standard InChI is InChI=1S/C15H18FNO3/c1-3-10-9-17(7-6-13(10)18)15(19)11-4-5-12(16)14(8-11)20-2/h4-5,8,10H,3,6-7,9H2,1-2H3. The highest BCUT2D eigenvalue weighted by atomic mass is 19.1. The van der Waals surface area contributed by atoms with Gasteiger partial charge in [0.1, 0.15) is 5.78 Å². The van der Waals surface area contributed by atoms with Crippen molar-refractivity contribution in [3.63, 3.8) is 0 Å². The molecule has 1 aliphatic heterocycles. The minimum absolute atomic E-state index is 0.0518. The average Bonchev–Trinajstić information content (AvgIpc) is 2.47. The molecule has 4 nitrogen and oxygen atoms in total. The number of likely N-dealkylation sites (tertiary alicyclic amines) is 1. The van der Waals surface area contributed by atoms with E-state index in [2.05, 4.69) is 0 Å². The van der Waals surface area contributed by atoms with Gasteiger partial charge in [-0.25, -0.2) is 4.39 Å². The molecule has 0 aliphatic carbocycles. The summed E-state index contributed by atoms with van der Waals surface area (Å²) in [6, 6.07) is 4.06. The number of methoxy groups -OCH3 is 1. The number of halogens is 1. The Morgan fingerprint density at radius 1 is 1.50 bits per heavy atom. The van der Waals surface area contributed by atoms with E-state index in [4.69, 9.17) is 4.74 Å². The van der Waals surface area contributed by atoms with Crippen molar-refractivity contribution in [1.82, 2.24) is 4.90 Å². The number of hydrogen-bond donors (Lipinski definition) is 0. The zero-order chi connectivity index (χ0) is 14.7. The Morgan fingerprint density at radius 3 is 2.90 bits per heavy atom. The van der Waals surface area contributed by atoms with Crippen LogP contribution in [0.4, 0.5) is 4.39 Å². The molecule has 1 unspecified atom stereocenters. The number of Topliss-reactive ketones (excluding diaryl/α,β-unsaturated/α-hetero) is 1. The number of carbonyl (C=O) groups excluding carboxylic acids is 2. The number of hydrogen-bond acceptors (Lipinski definition) is 3. The minimum Gasteiger partial charge on any atom is -0.494 e. The van der Waals surface area contributed by atoms with Crippen LogP contribution in [0.5, 0.6) is 5.75 Å². The summed E-state index contributed by atoms with van der Waals surface area (Å²) in [4.78, 5) is 25.7. The Bertz CT molecular complexity index is 530. The third kappa shape index (κ3) is 2.81. The van der Waals surface area contributed by atoms with Crippen molar-refractivity contribution in [1.29, 1.82) is 0 Å². The van der Waals surface area contributed by atoms with E-state index in [1.54, 1.807) is 4.90 Å². The summed E-state index contributed by atoms with van der Waals surface area (Å²) in [5.41, 5.74) is 0.382. The first-order valence-corrected chi connectivity index (χ1v) is 6.72. The maximum atomic E-state index is 13.3. The molecule has 108 valence electrons. The van der Waals surface area contributed by atoms with Gasteiger partial charge in [0.15, 0.2) is 11.6 Å². The summed E-state index contributed by atoms with van der Waals surface area (Å²) in [6.07, 6.45) is 1.12. The predicted octanol–water partition coefficient (Wildman–Crippen LogP) is 2.28. The van der Waals surface area contributed by atoms with Crippen LogP contribution >= 0.6 is 0 Å². The summed E-state index contributed by atoms with van der Waals surface area (Å²) in [5.74, 6) is -0.502. The summed E-state index contributed by atoms with van der Waals surface area (Å²) in [6.45, 7) is 2.80. The fourth-order valence-electron chi connectivity index (χ4n) is 2.43. The van der Waals surface area contributed by atoms with E-state index >= 15 is 0 Å². The highest BCUT2D eigenvalue weighted by Gasteiger charge is 2.29. The van der Waals surface area contributed by atoms with Crippen molar-refractivity contribution in [2.75, 3.05) is 20.2 Å². The van der Waals surface area contributed by atoms with Gasteiger partial charge in [-0.2, -0.15) is 0 Å². The maximum absolute atomic E-state index is 13.3. The lowest BCUT2D eigenvalue weighted by Crippen LogP contribution is -2.43. The molecule has 0 saturated carbocycles. The monoisotopic (exact) mass is 279 g/mol. The average molecular weight is 279 g/mol.